The first-order valence-electron chi connectivity index (χ1n) is 16.7. The van der Waals surface area contributed by atoms with Crippen LogP contribution in [0.25, 0.3) is 0 Å². The molecular formula is C37H54O8. The fourth-order valence-electron chi connectivity index (χ4n) is 9.84. The van der Waals surface area contributed by atoms with Crippen molar-refractivity contribution in [2.24, 2.45) is 46.3 Å². The number of rotatable bonds is 10. The molecule has 0 aliphatic heterocycles. The molecular weight excluding hydrogens is 572 g/mol. The molecule has 4 aliphatic carbocycles. The van der Waals surface area contributed by atoms with Crippen LogP contribution >= 0.6 is 0 Å². The molecule has 0 unspecified atom stereocenters. The van der Waals surface area contributed by atoms with E-state index < -0.39 is 0 Å². The predicted octanol–water partition coefficient (Wildman–Crippen LogP) is 6.92. The quantitative estimate of drug-likeness (QED) is 0.146. The van der Waals surface area contributed by atoms with Crippen molar-refractivity contribution in [2.75, 3.05) is 7.11 Å². The third-order valence-electron chi connectivity index (χ3n) is 12.3. The van der Waals surface area contributed by atoms with E-state index in [1.165, 1.54) is 7.11 Å². The Labute approximate surface area is 269 Å². The summed E-state index contributed by atoms with van der Waals surface area (Å²) in [7, 11) is 1.41. The molecule has 0 amide bonds. The average Bonchev–Trinajstić information content (AvgIpc) is 3.34. The maximum Gasteiger partial charge on any atom is 0.333 e. The van der Waals surface area contributed by atoms with Crippen molar-refractivity contribution >= 4 is 23.9 Å². The van der Waals surface area contributed by atoms with E-state index in [1.54, 1.807) is 20.8 Å². The van der Waals surface area contributed by atoms with Crippen LogP contribution in [-0.4, -0.2) is 49.3 Å². The molecule has 0 aromatic heterocycles. The fraction of sp³-hybridized carbons (Fsp3) is 0.730. The summed E-state index contributed by atoms with van der Waals surface area (Å²) in [6.45, 7) is 23.3. The van der Waals surface area contributed by atoms with E-state index in [2.05, 4.69) is 40.5 Å². The van der Waals surface area contributed by atoms with Gasteiger partial charge in [-0.2, -0.15) is 0 Å². The van der Waals surface area contributed by atoms with Crippen molar-refractivity contribution in [1.82, 2.24) is 0 Å². The van der Waals surface area contributed by atoms with Gasteiger partial charge in [-0.25, -0.2) is 14.4 Å². The standard InChI is InChI=1S/C37H54O8/c1-20(2)33(39)43-25-15-16-36(8)24(17-25)18-29(44-34(40)21(3)4)32-27-13-12-26(23(7)11-14-31(38)42-10)37(27,9)30(19-28(32)36)45-35(41)22(5)6/h23-30,32H,1,3,5,11-19H2,2,4,6-10H3/t23-,24+,25-,26-,27+,28+,29-,30+,32+,36+,37-/m1/s1. The smallest absolute Gasteiger partial charge is 0.333 e. The Kier molecular flexibility index (Phi) is 10.4. The lowest BCUT2D eigenvalue weighted by molar-refractivity contribution is -0.223. The Bertz CT molecular complexity index is 1230. The monoisotopic (exact) mass is 626 g/mol. The summed E-state index contributed by atoms with van der Waals surface area (Å²) < 4.78 is 23.5. The van der Waals surface area contributed by atoms with Crippen molar-refractivity contribution in [1.29, 1.82) is 0 Å². The van der Waals surface area contributed by atoms with E-state index in [9.17, 15) is 19.2 Å². The van der Waals surface area contributed by atoms with E-state index in [-0.39, 0.29) is 88.5 Å². The van der Waals surface area contributed by atoms with Gasteiger partial charge in [-0.05, 0) is 107 Å². The molecule has 0 radical (unpaired) electrons. The molecule has 4 rings (SSSR count). The molecule has 0 N–H and O–H groups in total. The van der Waals surface area contributed by atoms with Crippen molar-refractivity contribution in [3.05, 3.63) is 36.5 Å². The minimum Gasteiger partial charge on any atom is -0.469 e. The molecule has 0 bridgehead atoms. The highest BCUT2D eigenvalue weighted by atomic mass is 16.6. The molecule has 8 nitrogen and oxygen atoms in total. The Hall–Kier alpha value is -2.90. The molecule has 0 aromatic rings. The summed E-state index contributed by atoms with van der Waals surface area (Å²) in [6.07, 6.45) is 5.61. The molecule has 4 saturated carbocycles. The van der Waals surface area contributed by atoms with Gasteiger partial charge in [0.25, 0.3) is 0 Å². The van der Waals surface area contributed by atoms with Gasteiger partial charge in [0.2, 0.25) is 0 Å². The highest BCUT2D eigenvalue weighted by Gasteiger charge is 2.67. The van der Waals surface area contributed by atoms with E-state index >= 15 is 0 Å². The van der Waals surface area contributed by atoms with Gasteiger partial charge in [0.05, 0.1) is 7.11 Å². The van der Waals surface area contributed by atoms with Gasteiger partial charge in [-0.3, -0.25) is 4.79 Å². The molecule has 0 spiro atoms. The first-order chi connectivity index (χ1) is 21.0. The average molecular weight is 627 g/mol. The number of fused-ring (bicyclic) bond motifs is 5. The Morgan fingerprint density at radius 1 is 0.800 bits per heavy atom. The zero-order valence-electron chi connectivity index (χ0n) is 28.4. The lowest BCUT2D eigenvalue weighted by atomic mass is 9.43. The van der Waals surface area contributed by atoms with Gasteiger partial charge in [0.15, 0.2) is 0 Å². The largest absolute Gasteiger partial charge is 0.469 e. The molecule has 4 fully saturated rings. The zero-order chi connectivity index (χ0) is 33.4. The molecule has 0 aromatic carbocycles. The lowest BCUT2D eigenvalue weighted by Gasteiger charge is -2.64. The molecule has 45 heavy (non-hydrogen) atoms. The number of hydrogen-bond donors (Lipinski definition) is 0. The van der Waals surface area contributed by atoms with Crippen LogP contribution in [0.3, 0.4) is 0 Å². The van der Waals surface area contributed by atoms with Crippen LogP contribution < -0.4 is 0 Å². The maximum atomic E-state index is 13.2. The van der Waals surface area contributed by atoms with Gasteiger partial charge in [-0.15, -0.1) is 0 Å². The van der Waals surface area contributed by atoms with Crippen molar-refractivity contribution in [3.63, 3.8) is 0 Å². The van der Waals surface area contributed by atoms with Gasteiger partial charge in [0.1, 0.15) is 18.3 Å². The minimum absolute atomic E-state index is 0.0756. The Morgan fingerprint density at radius 3 is 2.00 bits per heavy atom. The lowest BCUT2D eigenvalue weighted by Crippen LogP contribution is -2.63. The van der Waals surface area contributed by atoms with Crippen LogP contribution in [0.5, 0.6) is 0 Å². The van der Waals surface area contributed by atoms with Crippen LogP contribution in [0.4, 0.5) is 0 Å². The second-order valence-corrected chi connectivity index (χ2v) is 15.1. The summed E-state index contributed by atoms with van der Waals surface area (Å²) in [4.78, 5) is 50.7. The topological polar surface area (TPSA) is 105 Å². The summed E-state index contributed by atoms with van der Waals surface area (Å²) in [5.74, 6) is -0.472. The van der Waals surface area contributed by atoms with Crippen LogP contribution in [0.1, 0.15) is 99.3 Å². The summed E-state index contributed by atoms with van der Waals surface area (Å²) >= 11 is 0. The second-order valence-electron chi connectivity index (χ2n) is 15.1. The molecule has 0 heterocycles. The number of carbonyl (C=O) groups is 4. The molecule has 4 aliphatic rings. The highest BCUT2D eigenvalue weighted by molar-refractivity contribution is 5.88. The number of hydrogen-bond acceptors (Lipinski definition) is 8. The van der Waals surface area contributed by atoms with Gasteiger partial charge in [0, 0.05) is 34.5 Å². The maximum absolute atomic E-state index is 13.2. The number of methoxy groups -OCH3 is 1. The number of carbonyl (C=O) groups excluding carboxylic acids is 4. The molecule has 11 atom stereocenters. The van der Waals surface area contributed by atoms with E-state index in [1.807, 2.05) is 0 Å². The highest BCUT2D eigenvalue weighted by Crippen LogP contribution is 2.69. The summed E-state index contributed by atoms with van der Waals surface area (Å²) in [5, 5.41) is 0. The SMILES string of the molecule is C=C(C)C(=O)O[C@@H]1CC[C@@]2(C)[C@@H](C1)C[C@@H](OC(=O)C(=C)C)[C@@H]1[C@@H]2C[C@H](OC(=O)C(=C)C)[C@]2(C)[C@@H]([C@H](C)CCC(=O)OC)CC[C@@H]12. The fourth-order valence-corrected chi connectivity index (χ4v) is 9.84. The van der Waals surface area contributed by atoms with Gasteiger partial charge in [-0.1, -0.05) is 40.5 Å². The Morgan fingerprint density at radius 2 is 1.40 bits per heavy atom. The normalized spacial score (nSPS) is 37.5. The summed E-state index contributed by atoms with van der Waals surface area (Å²) in [5.41, 5.74) is 0.612. The van der Waals surface area contributed by atoms with Crippen molar-refractivity contribution in [3.8, 4) is 0 Å². The molecule has 250 valence electrons. The van der Waals surface area contributed by atoms with E-state index in [4.69, 9.17) is 18.9 Å². The minimum atomic E-state index is -0.387. The zero-order valence-corrected chi connectivity index (χ0v) is 28.4. The first kappa shape index (κ1) is 35.0. The predicted molar refractivity (Wildman–Crippen MR) is 170 cm³/mol. The summed E-state index contributed by atoms with van der Waals surface area (Å²) in [6, 6.07) is 0. The second kappa shape index (κ2) is 13.4. The third-order valence-corrected chi connectivity index (χ3v) is 12.3. The van der Waals surface area contributed by atoms with E-state index in [0.717, 1.165) is 25.7 Å². The van der Waals surface area contributed by atoms with Crippen LogP contribution in [-0.2, 0) is 38.1 Å². The number of ether oxygens (including phenoxy) is 4. The van der Waals surface area contributed by atoms with Crippen LogP contribution in [0.2, 0.25) is 0 Å². The number of esters is 4. The Balaban J connectivity index is 1.74. The van der Waals surface area contributed by atoms with Crippen molar-refractivity contribution in [2.45, 2.75) is 118 Å². The van der Waals surface area contributed by atoms with Gasteiger partial charge < -0.3 is 18.9 Å². The third kappa shape index (κ3) is 6.66. The van der Waals surface area contributed by atoms with Crippen LogP contribution in [0.15, 0.2) is 36.5 Å². The van der Waals surface area contributed by atoms with Crippen LogP contribution in [0, 0.1) is 46.3 Å². The molecule has 8 heteroatoms. The van der Waals surface area contributed by atoms with E-state index in [0.29, 0.717) is 48.8 Å². The van der Waals surface area contributed by atoms with Gasteiger partial charge >= 0.3 is 23.9 Å². The first-order valence-corrected chi connectivity index (χ1v) is 16.7. The molecule has 0 saturated heterocycles. The van der Waals surface area contributed by atoms with Crippen molar-refractivity contribution < 1.29 is 38.1 Å².